The number of benzene rings is 4. The number of hydrogen-bond acceptors (Lipinski definition) is 9. The molecule has 4 aromatic carbocycles. The van der Waals surface area contributed by atoms with Crippen molar-refractivity contribution in [1.29, 1.82) is 0 Å². The lowest BCUT2D eigenvalue weighted by atomic mass is 9.45. The van der Waals surface area contributed by atoms with Crippen LogP contribution in [0, 0.1) is 34.5 Å². The Morgan fingerprint density at radius 2 is 1.31 bits per heavy atom. The molecule has 0 bridgehead atoms. The van der Waals surface area contributed by atoms with Crippen LogP contribution in [0.3, 0.4) is 0 Å². The molecule has 3 saturated carbocycles. The molecule has 6 N–H and O–H groups in total. The van der Waals surface area contributed by atoms with E-state index in [2.05, 4.69) is 22.9 Å². The van der Waals surface area contributed by atoms with Crippen molar-refractivity contribution in [2.24, 2.45) is 34.5 Å². The summed E-state index contributed by atoms with van der Waals surface area (Å²) in [4.78, 5) is 69.4. The van der Waals surface area contributed by atoms with Crippen LogP contribution >= 0.6 is 0 Å². The molecule has 4 aromatic rings. The van der Waals surface area contributed by atoms with Crippen molar-refractivity contribution in [3.05, 3.63) is 155 Å². The Morgan fingerprint density at radius 3 is 1.87 bits per heavy atom. The van der Waals surface area contributed by atoms with Gasteiger partial charge in [-0.3, -0.25) is 29.3 Å². The molecular weight excluding hydrogens is 855 g/mol. The highest BCUT2D eigenvalue weighted by atomic mass is 16.3. The average Bonchev–Trinajstić information content (AvgIpc) is 3.61. The second-order valence-corrected chi connectivity index (χ2v) is 20.9. The molecule has 11 nitrogen and oxygen atoms in total. The number of amides is 2. The van der Waals surface area contributed by atoms with Gasteiger partial charge in [-0.1, -0.05) is 155 Å². The molecule has 3 fully saturated rings. The Hall–Kier alpha value is -5.59. The first-order chi connectivity index (χ1) is 32.5. The van der Waals surface area contributed by atoms with Crippen LogP contribution in [0.25, 0.3) is 0 Å². The van der Waals surface area contributed by atoms with Gasteiger partial charge in [-0.15, -0.1) is 0 Å². The van der Waals surface area contributed by atoms with Gasteiger partial charge in [-0.2, -0.15) is 0 Å². The van der Waals surface area contributed by atoms with E-state index in [0.29, 0.717) is 32.1 Å². The first-order valence-electron chi connectivity index (χ1n) is 24.5. The largest absolute Gasteiger partial charge is 0.393 e. The molecule has 11 heteroatoms. The van der Waals surface area contributed by atoms with Gasteiger partial charge < -0.3 is 26.0 Å². The number of fused-ring (bicyclic) bond motifs is 5. The van der Waals surface area contributed by atoms with E-state index in [9.17, 15) is 39.3 Å². The molecule has 1 unspecified atom stereocenters. The average molecular weight is 922 g/mol. The SMILES string of the molecule is CC(C)C[C@H](NC(=O)[C@H](Cc1ccccc1)NC(c1ccccc1)(c1ccccc1)c1ccccc1)C(=O)NCC(=O)C(O)C(=O)[C@@]1(O)CC[C@H]2[C@@H]3CCC4=CC(=O)CC[C@]4(C)[C@H]3[C@@H](O)C[C@@]21C. The second-order valence-electron chi connectivity index (χ2n) is 20.9. The van der Waals surface area contributed by atoms with E-state index in [-0.39, 0.29) is 60.6 Å². The summed E-state index contributed by atoms with van der Waals surface area (Å²) >= 11 is 0. The first-order valence-corrected chi connectivity index (χ1v) is 24.5. The van der Waals surface area contributed by atoms with Gasteiger partial charge in [0.2, 0.25) is 17.6 Å². The summed E-state index contributed by atoms with van der Waals surface area (Å²) in [6, 6.07) is 37.4. The molecule has 8 rings (SSSR count). The van der Waals surface area contributed by atoms with Crippen LogP contribution in [0.5, 0.6) is 0 Å². The Labute approximate surface area is 400 Å². The molecular formula is C57H67N3O8. The normalized spacial score (nSPS) is 27.9. The predicted octanol–water partition coefficient (Wildman–Crippen LogP) is 6.56. The maximum absolute atomic E-state index is 14.9. The molecule has 0 aromatic heterocycles. The molecule has 10 atom stereocenters. The highest BCUT2D eigenvalue weighted by molar-refractivity contribution is 6.10. The smallest absolute Gasteiger partial charge is 0.242 e. The summed E-state index contributed by atoms with van der Waals surface area (Å²) in [5.41, 5.74) is 0.0811. The van der Waals surface area contributed by atoms with E-state index in [1.54, 1.807) is 13.0 Å². The summed E-state index contributed by atoms with van der Waals surface area (Å²) in [6.07, 6.45) is 2.24. The Morgan fingerprint density at radius 1 is 0.750 bits per heavy atom. The van der Waals surface area contributed by atoms with Crippen LogP contribution < -0.4 is 16.0 Å². The van der Waals surface area contributed by atoms with Crippen LogP contribution in [0.1, 0.15) is 101 Å². The molecule has 0 heterocycles. The molecule has 4 aliphatic carbocycles. The topological polar surface area (TPSA) is 182 Å². The van der Waals surface area contributed by atoms with Gasteiger partial charge in [-0.05, 0) is 109 Å². The van der Waals surface area contributed by atoms with E-state index in [1.807, 2.05) is 135 Å². The lowest BCUT2D eigenvalue weighted by Crippen LogP contribution is -2.63. The van der Waals surface area contributed by atoms with Crippen molar-refractivity contribution >= 4 is 29.2 Å². The van der Waals surface area contributed by atoms with Gasteiger partial charge in [0.1, 0.15) is 11.6 Å². The van der Waals surface area contributed by atoms with E-state index in [4.69, 9.17) is 0 Å². The van der Waals surface area contributed by atoms with E-state index in [1.165, 1.54) is 0 Å². The van der Waals surface area contributed by atoms with Crippen LogP contribution in [-0.2, 0) is 35.9 Å². The third-order valence-electron chi connectivity index (χ3n) is 16.4. The second kappa shape index (κ2) is 19.8. The fourth-order valence-electron chi connectivity index (χ4n) is 13.0. The van der Waals surface area contributed by atoms with Gasteiger partial charge >= 0.3 is 0 Å². The third-order valence-corrected chi connectivity index (χ3v) is 16.4. The van der Waals surface area contributed by atoms with Crippen molar-refractivity contribution in [3.63, 3.8) is 0 Å². The first kappa shape index (κ1) is 48.9. The lowest BCUT2D eigenvalue weighted by Gasteiger charge is -2.60. The van der Waals surface area contributed by atoms with E-state index in [0.717, 1.165) is 27.8 Å². The maximum atomic E-state index is 14.9. The van der Waals surface area contributed by atoms with Crippen molar-refractivity contribution < 1.29 is 39.3 Å². The summed E-state index contributed by atoms with van der Waals surface area (Å²) in [7, 11) is 0. The quantitative estimate of drug-likeness (QED) is 0.0505. The molecule has 0 saturated heterocycles. The number of carbonyl (C=O) groups is 5. The molecule has 358 valence electrons. The number of nitrogens with one attached hydrogen (secondary N) is 3. The molecule has 0 spiro atoms. The van der Waals surface area contributed by atoms with Gasteiger partial charge in [-0.25, -0.2) is 0 Å². The fraction of sp³-hybridized carbons (Fsp3) is 0.456. The standard InChI is InChI=1S/C57H67N3O8/c1-36(2)31-45(59-53(67)46(32-37-17-9-5-10-18-37)60-57(38-19-11-6-12-20-38,39-21-13-7-14-22-39)40-23-15-8-16-24-40)52(66)58-35-48(63)50(64)51(65)56(68)30-28-44-43-26-25-41-33-42(61)27-29-54(41,3)49(43)47(62)34-55(44,56)4/h5-24,33,36,43-47,49-50,60,62,64,68H,25-32,34-35H2,1-4H3,(H,58,66)(H,59,67)/t43-,44-,45-,46-,47-,49+,50?,54-,55-,56-/m0/s1. The Balaban J connectivity index is 1.00. The van der Waals surface area contributed by atoms with Crippen LogP contribution in [0.4, 0.5) is 0 Å². The van der Waals surface area contributed by atoms with Crippen molar-refractivity contribution in [1.82, 2.24) is 16.0 Å². The highest BCUT2D eigenvalue weighted by Crippen LogP contribution is 2.67. The van der Waals surface area contributed by atoms with Crippen LogP contribution in [-0.4, -0.2) is 80.9 Å². The Kier molecular flexibility index (Phi) is 14.2. The lowest BCUT2D eigenvalue weighted by molar-refractivity contribution is -0.186. The molecule has 68 heavy (non-hydrogen) atoms. The molecule has 4 aliphatic rings. The molecule has 2 amide bonds. The minimum atomic E-state index is -2.23. The summed E-state index contributed by atoms with van der Waals surface area (Å²) in [5.74, 6) is -3.38. The number of carbonyl (C=O) groups excluding carboxylic acids is 5. The molecule has 0 radical (unpaired) electrons. The zero-order valence-electron chi connectivity index (χ0n) is 39.7. The minimum Gasteiger partial charge on any atom is -0.393 e. The summed E-state index contributed by atoms with van der Waals surface area (Å²) < 4.78 is 0. The van der Waals surface area contributed by atoms with E-state index < -0.39 is 70.8 Å². The number of rotatable bonds is 17. The predicted molar refractivity (Wildman–Crippen MR) is 260 cm³/mol. The summed E-state index contributed by atoms with van der Waals surface area (Å²) in [5, 5.41) is 45.0. The minimum absolute atomic E-state index is 0.0184. The number of hydrogen-bond donors (Lipinski definition) is 6. The van der Waals surface area contributed by atoms with Gasteiger partial charge in [0.15, 0.2) is 17.7 Å². The third kappa shape index (κ3) is 9.06. The van der Waals surface area contributed by atoms with E-state index >= 15 is 0 Å². The number of allylic oxidation sites excluding steroid dienone is 1. The number of aliphatic hydroxyl groups excluding tert-OH is 2. The Bertz CT molecular complexity index is 2400. The molecule has 0 aliphatic heterocycles. The van der Waals surface area contributed by atoms with Gasteiger partial charge in [0.05, 0.1) is 24.2 Å². The maximum Gasteiger partial charge on any atom is 0.242 e. The summed E-state index contributed by atoms with van der Waals surface area (Å²) in [6.45, 7) is 7.05. The number of Topliss-reactive ketones (excluding diaryl/α,β-unsaturated/α-hetero) is 2. The highest BCUT2D eigenvalue weighted by Gasteiger charge is 2.69. The van der Waals surface area contributed by atoms with Gasteiger partial charge in [0.25, 0.3) is 0 Å². The fourth-order valence-corrected chi connectivity index (χ4v) is 13.0. The van der Waals surface area contributed by atoms with Crippen LogP contribution in [0.2, 0.25) is 0 Å². The zero-order valence-corrected chi connectivity index (χ0v) is 39.7. The van der Waals surface area contributed by atoms with Crippen molar-refractivity contribution in [2.45, 2.75) is 121 Å². The van der Waals surface area contributed by atoms with Crippen LogP contribution in [0.15, 0.2) is 133 Å². The van der Waals surface area contributed by atoms with Crippen molar-refractivity contribution in [3.8, 4) is 0 Å². The zero-order chi connectivity index (χ0) is 48.4. The number of aliphatic hydroxyl groups is 3. The van der Waals surface area contributed by atoms with Crippen molar-refractivity contribution in [2.75, 3.05) is 6.54 Å². The number of ketones is 3. The van der Waals surface area contributed by atoms with Gasteiger partial charge in [0, 0.05) is 11.8 Å². The monoisotopic (exact) mass is 921 g/mol.